The maximum Gasteiger partial charge on any atom is 0.407 e. The summed E-state index contributed by atoms with van der Waals surface area (Å²) in [7, 11) is -1.77. The number of halogens is 1. The molecule has 0 bridgehead atoms. The molecule has 4 aliphatic rings. The van der Waals surface area contributed by atoms with E-state index in [1.165, 1.54) is 19.6 Å². The third-order valence-corrected chi connectivity index (χ3v) is 13.1. The first kappa shape index (κ1) is 32.3. The highest BCUT2D eigenvalue weighted by Gasteiger charge is 2.53. The van der Waals surface area contributed by atoms with Crippen molar-refractivity contribution in [1.29, 1.82) is 0 Å². The molecule has 2 aromatic rings. The van der Waals surface area contributed by atoms with E-state index < -0.39 is 9.84 Å². The smallest absolute Gasteiger partial charge is 0.407 e. The second kappa shape index (κ2) is 14.0. The molecule has 45 heavy (non-hydrogen) atoms. The lowest BCUT2D eigenvalue weighted by Crippen LogP contribution is -2.59. The van der Waals surface area contributed by atoms with Crippen molar-refractivity contribution in [3.05, 3.63) is 59.9 Å². The SMILES string of the molecule is COC(=O)N[C@H]1CCC[C@@H]1[C@](CN1CCC1)(c1cccc(F)c1)C1CCN(CCCOc2ccc(S(=O)(=O)C3CC3)cc2)CC1. The summed E-state index contributed by atoms with van der Waals surface area (Å²) in [5, 5.41) is 2.95. The van der Waals surface area contributed by atoms with Gasteiger partial charge in [0.15, 0.2) is 9.84 Å². The second-order valence-electron chi connectivity index (χ2n) is 13.5. The van der Waals surface area contributed by atoms with Gasteiger partial charge in [-0.05, 0) is 131 Å². The quantitative estimate of drug-likeness (QED) is 0.293. The first-order valence-corrected chi connectivity index (χ1v) is 18.4. The number of benzene rings is 2. The number of amides is 1. The predicted octanol–water partition coefficient (Wildman–Crippen LogP) is 5.41. The van der Waals surface area contributed by atoms with Crippen LogP contribution in [0.4, 0.5) is 9.18 Å². The van der Waals surface area contributed by atoms with Gasteiger partial charge in [-0.25, -0.2) is 17.6 Å². The van der Waals surface area contributed by atoms with E-state index in [4.69, 9.17) is 9.47 Å². The first-order chi connectivity index (χ1) is 21.8. The van der Waals surface area contributed by atoms with Gasteiger partial charge in [0, 0.05) is 24.5 Å². The molecular formula is C35H48FN3O5S. The van der Waals surface area contributed by atoms with Gasteiger partial charge in [-0.1, -0.05) is 18.6 Å². The van der Waals surface area contributed by atoms with Crippen LogP contribution in [0.2, 0.25) is 0 Å². The molecule has 0 unspecified atom stereocenters. The Morgan fingerprint density at radius 2 is 1.71 bits per heavy atom. The van der Waals surface area contributed by atoms with E-state index >= 15 is 0 Å². The molecule has 2 saturated carbocycles. The van der Waals surface area contributed by atoms with Crippen molar-refractivity contribution in [3.63, 3.8) is 0 Å². The van der Waals surface area contributed by atoms with Crippen molar-refractivity contribution in [2.45, 2.75) is 79.4 Å². The lowest BCUT2D eigenvalue weighted by Gasteiger charge is -2.53. The normalized spacial score (nSPS) is 24.5. The summed E-state index contributed by atoms with van der Waals surface area (Å²) in [6.45, 7) is 6.46. The summed E-state index contributed by atoms with van der Waals surface area (Å²) in [5.41, 5.74) is 0.805. The van der Waals surface area contributed by atoms with Crippen molar-refractivity contribution in [2.75, 3.05) is 53.0 Å². The molecule has 2 saturated heterocycles. The molecular weight excluding hydrogens is 593 g/mol. The van der Waals surface area contributed by atoms with Crippen LogP contribution in [0.25, 0.3) is 0 Å². The minimum Gasteiger partial charge on any atom is -0.494 e. The van der Waals surface area contributed by atoms with Crippen LogP contribution < -0.4 is 10.1 Å². The minimum absolute atomic E-state index is 0.0000487. The number of likely N-dealkylation sites (tertiary alicyclic amines) is 2. The number of carbonyl (C=O) groups is 1. The number of rotatable bonds is 13. The molecule has 3 atom stereocenters. The third kappa shape index (κ3) is 7.18. The van der Waals surface area contributed by atoms with Crippen molar-refractivity contribution in [2.24, 2.45) is 11.8 Å². The van der Waals surface area contributed by atoms with E-state index in [0.29, 0.717) is 23.2 Å². The van der Waals surface area contributed by atoms with Gasteiger partial charge >= 0.3 is 6.09 Å². The van der Waals surface area contributed by atoms with Crippen LogP contribution in [0.3, 0.4) is 0 Å². The summed E-state index contributed by atoms with van der Waals surface area (Å²) < 4.78 is 50.7. The fraction of sp³-hybridized carbons (Fsp3) is 0.629. The van der Waals surface area contributed by atoms with E-state index in [1.807, 2.05) is 6.07 Å². The Hall–Kier alpha value is -2.69. The Balaban J connectivity index is 1.10. The fourth-order valence-corrected chi connectivity index (χ4v) is 9.84. The van der Waals surface area contributed by atoms with E-state index in [0.717, 1.165) is 96.2 Å². The zero-order chi connectivity index (χ0) is 31.4. The van der Waals surface area contributed by atoms with Gasteiger partial charge in [0.1, 0.15) is 11.6 Å². The van der Waals surface area contributed by atoms with E-state index in [-0.39, 0.29) is 34.5 Å². The lowest BCUT2D eigenvalue weighted by molar-refractivity contribution is 0.0248. The van der Waals surface area contributed by atoms with Crippen molar-refractivity contribution < 1.29 is 27.1 Å². The maximum absolute atomic E-state index is 14.9. The minimum atomic E-state index is -3.19. The highest BCUT2D eigenvalue weighted by atomic mass is 32.2. The number of piperidine rings is 1. The molecule has 10 heteroatoms. The molecule has 0 aromatic heterocycles. The van der Waals surface area contributed by atoms with Crippen molar-refractivity contribution in [1.82, 2.24) is 15.1 Å². The van der Waals surface area contributed by atoms with Gasteiger partial charge in [-0.3, -0.25) is 0 Å². The first-order valence-electron chi connectivity index (χ1n) is 16.8. The number of hydrogen-bond donors (Lipinski definition) is 1. The predicted molar refractivity (Wildman–Crippen MR) is 172 cm³/mol. The molecule has 1 N–H and O–H groups in total. The topological polar surface area (TPSA) is 88.2 Å². The Morgan fingerprint density at radius 3 is 2.36 bits per heavy atom. The average Bonchev–Trinajstić information content (AvgIpc) is 3.80. The maximum atomic E-state index is 14.9. The van der Waals surface area contributed by atoms with Crippen LogP contribution in [-0.4, -0.2) is 88.6 Å². The Morgan fingerprint density at radius 1 is 0.956 bits per heavy atom. The lowest BCUT2D eigenvalue weighted by atomic mass is 9.57. The number of hydrogen-bond acceptors (Lipinski definition) is 7. The molecule has 0 spiro atoms. The molecule has 8 nitrogen and oxygen atoms in total. The Labute approximate surface area is 267 Å². The number of alkyl carbamates (subject to hydrolysis) is 1. The summed E-state index contributed by atoms with van der Waals surface area (Å²) in [4.78, 5) is 17.8. The van der Waals surface area contributed by atoms with Gasteiger partial charge in [0.25, 0.3) is 0 Å². The largest absolute Gasteiger partial charge is 0.494 e. The van der Waals surface area contributed by atoms with Gasteiger partial charge in [0.2, 0.25) is 0 Å². The Bertz CT molecular complexity index is 1410. The number of sulfone groups is 1. The van der Waals surface area contributed by atoms with Crippen LogP contribution in [0.5, 0.6) is 5.75 Å². The standard InChI is InChI=1S/C35H48FN3O5S/c1-43-34(40)37-33-9-3-8-32(33)35(25-39-18-4-19-39,27-6-2-7-28(36)24-27)26-16-21-38(22-17-26)20-5-23-44-29-10-12-30(13-11-29)45(41,42)31-14-15-31/h2,6-7,10-13,24,26,31-33H,3-5,8-9,14-23,25H2,1H3,(H,37,40)/t32-,33-,35-/m0/s1. The molecule has 2 aliphatic carbocycles. The van der Waals surface area contributed by atoms with E-state index in [9.17, 15) is 17.6 Å². The van der Waals surface area contributed by atoms with Crippen molar-refractivity contribution >= 4 is 15.9 Å². The van der Waals surface area contributed by atoms with Crippen LogP contribution in [0.1, 0.15) is 63.4 Å². The van der Waals surface area contributed by atoms with Crippen LogP contribution >= 0.6 is 0 Å². The van der Waals surface area contributed by atoms with Crippen molar-refractivity contribution in [3.8, 4) is 5.75 Å². The molecule has 2 aromatic carbocycles. The third-order valence-electron chi connectivity index (χ3n) is 10.8. The molecule has 4 fully saturated rings. The average molecular weight is 642 g/mol. The summed E-state index contributed by atoms with van der Waals surface area (Å²) in [5.74, 6) is 1.06. The monoisotopic (exact) mass is 641 g/mol. The molecule has 1 amide bonds. The summed E-state index contributed by atoms with van der Waals surface area (Å²) in [6, 6.07) is 14.1. The highest BCUT2D eigenvalue weighted by Crippen LogP contribution is 2.51. The molecule has 246 valence electrons. The molecule has 2 heterocycles. The number of methoxy groups -OCH3 is 1. The van der Waals surface area contributed by atoms with Crippen LogP contribution in [0, 0.1) is 17.7 Å². The number of carbonyl (C=O) groups excluding carboxylic acids is 1. The number of nitrogens with one attached hydrogen (secondary N) is 1. The fourth-order valence-electron chi connectivity index (χ4n) is 8.18. The highest BCUT2D eigenvalue weighted by molar-refractivity contribution is 7.92. The second-order valence-corrected chi connectivity index (χ2v) is 15.7. The van der Waals surface area contributed by atoms with Crippen LogP contribution in [0.15, 0.2) is 53.4 Å². The molecule has 6 rings (SSSR count). The van der Waals surface area contributed by atoms with Gasteiger partial charge in [0.05, 0.1) is 23.9 Å². The molecule has 2 aliphatic heterocycles. The van der Waals surface area contributed by atoms with Crippen LogP contribution in [-0.2, 0) is 20.0 Å². The zero-order valence-corrected chi connectivity index (χ0v) is 27.3. The van der Waals surface area contributed by atoms with Gasteiger partial charge in [-0.15, -0.1) is 0 Å². The van der Waals surface area contributed by atoms with E-state index in [2.05, 4.69) is 21.2 Å². The zero-order valence-electron chi connectivity index (χ0n) is 26.5. The van der Waals surface area contributed by atoms with E-state index in [1.54, 1.807) is 30.3 Å². The summed E-state index contributed by atoms with van der Waals surface area (Å²) >= 11 is 0. The number of nitrogens with zero attached hydrogens (tertiary/aromatic N) is 2. The molecule has 0 radical (unpaired) electrons. The number of ether oxygens (including phenoxy) is 2. The van der Waals surface area contributed by atoms with Gasteiger partial charge in [-0.2, -0.15) is 0 Å². The summed E-state index contributed by atoms with van der Waals surface area (Å²) in [6.07, 6.45) is 8.19. The van der Waals surface area contributed by atoms with Gasteiger partial charge < -0.3 is 24.6 Å². The Kier molecular flexibility index (Phi) is 10.0.